The van der Waals surface area contributed by atoms with Gasteiger partial charge in [0.2, 0.25) is 0 Å². The fourth-order valence-corrected chi connectivity index (χ4v) is 2.61. The van der Waals surface area contributed by atoms with Crippen LogP contribution in [0.25, 0.3) is 0 Å². The van der Waals surface area contributed by atoms with Crippen LogP contribution >= 0.6 is 11.8 Å². The number of rotatable bonds is 2. The molecular weight excluding hydrogens is 250 g/mol. The summed E-state index contributed by atoms with van der Waals surface area (Å²) in [5, 5.41) is 14.7. The van der Waals surface area contributed by atoms with Gasteiger partial charge in [-0.2, -0.15) is 0 Å². The molecule has 18 heavy (non-hydrogen) atoms. The van der Waals surface area contributed by atoms with Crippen molar-refractivity contribution in [3.05, 3.63) is 33.9 Å². The molecule has 1 aromatic carbocycles. The molecule has 0 fully saturated rings. The summed E-state index contributed by atoms with van der Waals surface area (Å²) in [6, 6.07) is 4.79. The Kier molecular flexibility index (Phi) is 3.30. The Morgan fingerprint density at radius 3 is 2.72 bits per heavy atom. The maximum absolute atomic E-state index is 10.7. The highest BCUT2D eigenvalue weighted by Gasteiger charge is 2.27. The Hall–Kier alpha value is -1.56. The van der Waals surface area contributed by atoms with Crippen LogP contribution in [0.2, 0.25) is 0 Å². The molecule has 0 aliphatic carbocycles. The van der Waals surface area contributed by atoms with Crippen LogP contribution in [0.3, 0.4) is 0 Å². The van der Waals surface area contributed by atoms with Gasteiger partial charge in [0.25, 0.3) is 5.69 Å². The molecule has 0 unspecified atom stereocenters. The van der Waals surface area contributed by atoms with Gasteiger partial charge in [0.1, 0.15) is 0 Å². The lowest BCUT2D eigenvalue weighted by Crippen LogP contribution is -2.16. The number of amidine groups is 1. The predicted octanol–water partition coefficient (Wildman–Crippen LogP) is 3.20. The van der Waals surface area contributed by atoms with Crippen molar-refractivity contribution in [2.24, 2.45) is 4.99 Å². The summed E-state index contributed by atoms with van der Waals surface area (Å²) in [5.74, 6) is 0. The van der Waals surface area contributed by atoms with Crippen LogP contribution in [-0.2, 0) is 0 Å². The van der Waals surface area contributed by atoms with Gasteiger partial charge in [-0.15, -0.1) is 0 Å². The molecule has 0 bridgehead atoms. The van der Waals surface area contributed by atoms with E-state index in [0.29, 0.717) is 0 Å². The van der Waals surface area contributed by atoms with Crippen LogP contribution in [0.15, 0.2) is 23.2 Å². The van der Waals surface area contributed by atoms with Gasteiger partial charge in [-0.3, -0.25) is 15.1 Å². The summed E-state index contributed by atoms with van der Waals surface area (Å²) in [6.45, 7) is 6.91. The van der Waals surface area contributed by atoms with Gasteiger partial charge in [-0.25, -0.2) is 0 Å². The fraction of sp³-hybridized carbons (Fsp3) is 0.417. The summed E-state index contributed by atoms with van der Waals surface area (Å²) in [4.78, 5) is 14.7. The zero-order chi connectivity index (χ0) is 13.3. The molecule has 1 aliphatic heterocycles. The molecule has 2 rings (SSSR count). The van der Waals surface area contributed by atoms with Crippen LogP contribution in [0.1, 0.15) is 19.4 Å². The lowest BCUT2D eigenvalue weighted by Gasteiger charge is -2.14. The third kappa shape index (κ3) is 2.81. The summed E-state index contributed by atoms with van der Waals surface area (Å²) < 4.78 is 0.122. The Bertz CT molecular complexity index is 526. The summed E-state index contributed by atoms with van der Waals surface area (Å²) in [7, 11) is 0. The van der Waals surface area contributed by atoms with Gasteiger partial charge < -0.3 is 5.32 Å². The van der Waals surface area contributed by atoms with Crippen LogP contribution < -0.4 is 5.32 Å². The van der Waals surface area contributed by atoms with E-state index < -0.39 is 0 Å². The molecule has 0 spiro atoms. The number of nitrogens with one attached hydrogen (secondary N) is 1. The molecule has 1 N–H and O–H groups in total. The van der Waals surface area contributed by atoms with E-state index in [2.05, 4.69) is 24.2 Å². The molecule has 5 nitrogen and oxygen atoms in total. The SMILES string of the molecule is Cc1cc([N+](=O)[O-])ccc1NC1=NCC(C)(C)S1. The van der Waals surface area contributed by atoms with Gasteiger partial charge >= 0.3 is 0 Å². The van der Waals surface area contributed by atoms with Gasteiger partial charge in [0.05, 0.1) is 11.5 Å². The third-order valence-electron chi connectivity index (χ3n) is 2.64. The first kappa shape index (κ1) is 12.9. The van der Waals surface area contributed by atoms with E-state index in [-0.39, 0.29) is 15.4 Å². The van der Waals surface area contributed by atoms with Gasteiger partial charge in [-0.1, -0.05) is 11.8 Å². The number of aryl methyl sites for hydroxylation is 1. The highest BCUT2D eigenvalue weighted by molar-refractivity contribution is 8.15. The lowest BCUT2D eigenvalue weighted by molar-refractivity contribution is -0.384. The van der Waals surface area contributed by atoms with Gasteiger partial charge in [-0.05, 0) is 32.4 Å². The number of thioether (sulfide) groups is 1. The molecule has 1 heterocycles. The second-order valence-corrected chi connectivity index (χ2v) is 6.56. The second kappa shape index (κ2) is 4.61. The summed E-state index contributed by atoms with van der Waals surface area (Å²) in [6.07, 6.45) is 0. The predicted molar refractivity (Wildman–Crippen MR) is 75.4 cm³/mol. The first-order chi connectivity index (χ1) is 8.37. The highest BCUT2D eigenvalue weighted by atomic mass is 32.2. The van der Waals surface area contributed by atoms with Crippen molar-refractivity contribution in [1.82, 2.24) is 0 Å². The molecular formula is C12H15N3O2S. The van der Waals surface area contributed by atoms with E-state index in [9.17, 15) is 10.1 Å². The number of hydrogen-bond donors (Lipinski definition) is 1. The number of benzene rings is 1. The minimum absolute atomic E-state index is 0.111. The van der Waals surface area contributed by atoms with Crippen molar-refractivity contribution in [3.8, 4) is 0 Å². The largest absolute Gasteiger partial charge is 0.335 e. The van der Waals surface area contributed by atoms with E-state index in [4.69, 9.17) is 0 Å². The van der Waals surface area contributed by atoms with Crippen LogP contribution in [-0.4, -0.2) is 21.4 Å². The van der Waals surface area contributed by atoms with E-state index >= 15 is 0 Å². The van der Waals surface area contributed by atoms with Crippen molar-refractivity contribution in [1.29, 1.82) is 0 Å². The number of nitro groups is 1. The molecule has 0 amide bonds. The number of aliphatic imine (C=N–C) groups is 1. The van der Waals surface area contributed by atoms with Crippen molar-refractivity contribution in [2.75, 3.05) is 11.9 Å². The lowest BCUT2D eigenvalue weighted by atomic mass is 10.2. The quantitative estimate of drug-likeness (QED) is 0.658. The van der Waals surface area contributed by atoms with Crippen molar-refractivity contribution < 1.29 is 4.92 Å². The first-order valence-electron chi connectivity index (χ1n) is 5.63. The van der Waals surface area contributed by atoms with Crippen LogP contribution in [0, 0.1) is 17.0 Å². The number of nitro benzene ring substituents is 1. The van der Waals surface area contributed by atoms with Crippen LogP contribution in [0.4, 0.5) is 11.4 Å². The molecule has 6 heteroatoms. The third-order valence-corrected chi connectivity index (χ3v) is 3.75. The number of non-ortho nitro benzene ring substituents is 1. The zero-order valence-electron chi connectivity index (χ0n) is 10.6. The Labute approximate surface area is 110 Å². The standard InChI is InChI=1S/C12H15N3O2S/c1-8-6-9(15(16)17)4-5-10(8)14-11-13-7-12(2,3)18-11/h4-6H,7H2,1-3H3,(H,13,14). The molecule has 0 radical (unpaired) electrons. The average Bonchev–Trinajstić information content (AvgIpc) is 2.61. The van der Waals surface area contributed by atoms with Gasteiger partial charge in [0, 0.05) is 22.6 Å². The van der Waals surface area contributed by atoms with Gasteiger partial charge in [0.15, 0.2) is 5.17 Å². The zero-order valence-corrected chi connectivity index (χ0v) is 11.4. The van der Waals surface area contributed by atoms with E-state index in [1.807, 2.05) is 6.92 Å². The van der Waals surface area contributed by atoms with E-state index in [0.717, 1.165) is 23.0 Å². The molecule has 0 saturated carbocycles. The topological polar surface area (TPSA) is 67.5 Å². The Balaban J connectivity index is 2.14. The minimum Gasteiger partial charge on any atom is -0.335 e. The van der Waals surface area contributed by atoms with E-state index in [1.54, 1.807) is 23.9 Å². The molecule has 0 aromatic heterocycles. The molecule has 1 aromatic rings. The Morgan fingerprint density at radius 2 is 2.22 bits per heavy atom. The molecule has 96 valence electrons. The normalized spacial score (nSPS) is 17.4. The second-order valence-electron chi connectivity index (χ2n) is 4.86. The monoisotopic (exact) mass is 265 g/mol. The van der Waals surface area contributed by atoms with Crippen LogP contribution in [0.5, 0.6) is 0 Å². The number of anilines is 1. The summed E-state index contributed by atoms with van der Waals surface area (Å²) in [5.41, 5.74) is 1.82. The van der Waals surface area contributed by atoms with E-state index in [1.165, 1.54) is 6.07 Å². The molecule has 0 atom stereocenters. The van der Waals surface area contributed by atoms with Crippen molar-refractivity contribution in [3.63, 3.8) is 0 Å². The summed E-state index contributed by atoms with van der Waals surface area (Å²) >= 11 is 1.69. The highest BCUT2D eigenvalue weighted by Crippen LogP contribution is 2.33. The smallest absolute Gasteiger partial charge is 0.269 e. The first-order valence-corrected chi connectivity index (χ1v) is 6.44. The molecule has 0 saturated heterocycles. The molecule has 1 aliphatic rings. The number of hydrogen-bond acceptors (Lipinski definition) is 5. The maximum atomic E-state index is 10.7. The van der Waals surface area contributed by atoms with Crippen molar-refractivity contribution in [2.45, 2.75) is 25.5 Å². The fourth-order valence-electron chi connectivity index (χ4n) is 1.67. The average molecular weight is 265 g/mol. The minimum atomic E-state index is -0.387. The Morgan fingerprint density at radius 1 is 1.50 bits per heavy atom. The van der Waals surface area contributed by atoms with Crippen molar-refractivity contribution >= 4 is 28.3 Å². The number of nitrogens with zero attached hydrogens (tertiary/aromatic N) is 2. The maximum Gasteiger partial charge on any atom is 0.269 e.